The van der Waals surface area contributed by atoms with Gasteiger partial charge in [-0.1, -0.05) is 41.9 Å². The highest BCUT2D eigenvalue weighted by molar-refractivity contribution is 6.30. The predicted molar refractivity (Wildman–Crippen MR) is 77.5 cm³/mol. The molecule has 0 amide bonds. The summed E-state index contributed by atoms with van der Waals surface area (Å²) in [5, 5.41) is 0.785. The Morgan fingerprint density at radius 2 is 1.84 bits per heavy atom. The van der Waals surface area contributed by atoms with Crippen molar-refractivity contribution >= 4 is 11.6 Å². The molecule has 3 rings (SSSR count). The van der Waals surface area contributed by atoms with Gasteiger partial charge in [-0.2, -0.15) is 0 Å². The maximum absolute atomic E-state index is 5.91. The van der Waals surface area contributed by atoms with Crippen LogP contribution in [0.15, 0.2) is 48.5 Å². The van der Waals surface area contributed by atoms with E-state index < -0.39 is 0 Å². The molecule has 1 aliphatic rings. The first-order valence-corrected chi connectivity index (χ1v) is 6.86. The van der Waals surface area contributed by atoms with Crippen molar-refractivity contribution in [2.75, 3.05) is 13.2 Å². The van der Waals surface area contributed by atoms with Crippen molar-refractivity contribution in [2.45, 2.75) is 13.1 Å². The molecule has 0 spiro atoms. The fraction of sp³-hybridized carbons (Fsp3) is 0.250. The summed E-state index contributed by atoms with van der Waals surface area (Å²) < 4.78 is 5.77. The molecule has 0 N–H and O–H groups in total. The third-order valence-electron chi connectivity index (χ3n) is 3.35. The number of halogens is 1. The van der Waals surface area contributed by atoms with Crippen molar-refractivity contribution in [3.63, 3.8) is 0 Å². The molecule has 0 atom stereocenters. The largest absolute Gasteiger partial charge is 0.492 e. The second-order valence-corrected chi connectivity index (χ2v) is 5.23. The smallest absolute Gasteiger partial charge is 0.123 e. The average molecular weight is 274 g/mol. The van der Waals surface area contributed by atoms with Crippen LogP contribution in [-0.4, -0.2) is 18.1 Å². The molecule has 0 saturated carbocycles. The van der Waals surface area contributed by atoms with E-state index in [1.165, 1.54) is 11.1 Å². The Morgan fingerprint density at radius 1 is 1.05 bits per heavy atom. The maximum atomic E-state index is 5.91. The summed E-state index contributed by atoms with van der Waals surface area (Å²) in [6.07, 6.45) is 0. The van der Waals surface area contributed by atoms with E-state index in [0.29, 0.717) is 0 Å². The van der Waals surface area contributed by atoms with Gasteiger partial charge in [-0.3, -0.25) is 4.90 Å². The molecule has 3 heteroatoms. The molecule has 2 aromatic rings. The molecule has 0 saturated heterocycles. The van der Waals surface area contributed by atoms with Gasteiger partial charge >= 0.3 is 0 Å². The first kappa shape index (κ1) is 12.5. The first-order valence-electron chi connectivity index (χ1n) is 6.49. The van der Waals surface area contributed by atoms with E-state index in [9.17, 15) is 0 Å². The second-order valence-electron chi connectivity index (χ2n) is 4.79. The van der Waals surface area contributed by atoms with Crippen LogP contribution < -0.4 is 4.74 Å². The number of hydrogen-bond acceptors (Lipinski definition) is 2. The van der Waals surface area contributed by atoms with Crippen LogP contribution >= 0.6 is 11.6 Å². The van der Waals surface area contributed by atoms with Gasteiger partial charge in [0.05, 0.1) is 0 Å². The lowest BCUT2D eigenvalue weighted by molar-refractivity contribution is 0.219. The summed E-state index contributed by atoms with van der Waals surface area (Å²) >= 11 is 5.91. The predicted octanol–water partition coefficient (Wildman–Crippen LogP) is 3.73. The Hall–Kier alpha value is -1.51. The fourth-order valence-electron chi connectivity index (χ4n) is 2.36. The van der Waals surface area contributed by atoms with Gasteiger partial charge in [0.25, 0.3) is 0 Å². The molecule has 1 aliphatic heterocycles. The Balaban J connectivity index is 1.74. The molecule has 0 aromatic heterocycles. The Labute approximate surface area is 118 Å². The van der Waals surface area contributed by atoms with Crippen molar-refractivity contribution in [1.82, 2.24) is 4.90 Å². The highest BCUT2D eigenvalue weighted by Crippen LogP contribution is 2.23. The van der Waals surface area contributed by atoms with Crippen LogP contribution in [0.25, 0.3) is 0 Å². The zero-order valence-corrected chi connectivity index (χ0v) is 11.4. The number of fused-ring (bicyclic) bond motifs is 1. The average Bonchev–Trinajstić information content (AvgIpc) is 2.63. The number of rotatable bonds is 2. The minimum atomic E-state index is 0.741. The summed E-state index contributed by atoms with van der Waals surface area (Å²) in [5.74, 6) is 1.01. The third kappa shape index (κ3) is 3.09. The lowest BCUT2D eigenvalue weighted by Gasteiger charge is -2.19. The summed E-state index contributed by atoms with van der Waals surface area (Å²) in [7, 11) is 0. The summed E-state index contributed by atoms with van der Waals surface area (Å²) in [5.41, 5.74) is 2.54. The zero-order valence-electron chi connectivity index (χ0n) is 10.7. The molecule has 2 aromatic carbocycles. The molecule has 98 valence electrons. The van der Waals surface area contributed by atoms with Gasteiger partial charge in [0.2, 0.25) is 0 Å². The topological polar surface area (TPSA) is 12.5 Å². The zero-order chi connectivity index (χ0) is 13.1. The summed E-state index contributed by atoms with van der Waals surface area (Å²) in [6.45, 7) is 3.54. The lowest BCUT2D eigenvalue weighted by Crippen LogP contribution is -2.25. The van der Waals surface area contributed by atoms with Crippen LogP contribution in [0.2, 0.25) is 5.02 Å². The molecule has 1 heterocycles. The standard InChI is InChI=1S/C16H16ClNO/c17-15-7-5-13(6-8-15)11-18-9-10-19-16-4-2-1-3-14(16)12-18/h1-8H,9-12H2. The fourth-order valence-corrected chi connectivity index (χ4v) is 2.49. The van der Waals surface area contributed by atoms with Crippen molar-refractivity contribution in [1.29, 1.82) is 0 Å². The monoisotopic (exact) mass is 273 g/mol. The molecule has 0 aliphatic carbocycles. The lowest BCUT2D eigenvalue weighted by atomic mass is 10.1. The quantitative estimate of drug-likeness (QED) is 0.827. The van der Waals surface area contributed by atoms with E-state index in [1.807, 2.05) is 24.3 Å². The second kappa shape index (κ2) is 5.64. The SMILES string of the molecule is Clc1ccc(CN2CCOc3ccccc3C2)cc1. The Morgan fingerprint density at radius 3 is 2.68 bits per heavy atom. The van der Waals surface area contributed by atoms with E-state index in [4.69, 9.17) is 16.3 Å². The van der Waals surface area contributed by atoms with Crippen molar-refractivity contribution in [3.05, 3.63) is 64.7 Å². The molecule has 19 heavy (non-hydrogen) atoms. The number of benzene rings is 2. The van der Waals surface area contributed by atoms with E-state index in [0.717, 1.165) is 37.0 Å². The third-order valence-corrected chi connectivity index (χ3v) is 3.60. The van der Waals surface area contributed by atoms with Gasteiger partial charge in [-0.05, 0) is 23.8 Å². The van der Waals surface area contributed by atoms with Gasteiger partial charge < -0.3 is 4.74 Å². The van der Waals surface area contributed by atoms with Gasteiger partial charge in [0.1, 0.15) is 12.4 Å². The van der Waals surface area contributed by atoms with Crippen LogP contribution in [0.5, 0.6) is 5.75 Å². The summed E-state index contributed by atoms with van der Waals surface area (Å²) in [4.78, 5) is 2.40. The minimum Gasteiger partial charge on any atom is -0.492 e. The molecule has 0 unspecified atom stereocenters. The number of nitrogens with zero attached hydrogens (tertiary/aromatic N) is 1. The summed E-state index contributed by atoms with van der Waals surface area (Å²) in [6, 6.07) is 16.3. The van der Waals surface area contributed by atoms with Crippen LogP contribution in [-0.2, 0) is 13.1 Å². The molecular weight excluding hydrogens is 258 g/mol. The minimum absolute atomic E-state index is 0.741. The molecular formula is C16H16ClNO. The van der Waals surface area contributed by atoms with Crippen LogP contribution in [0.4, 0.5) is 0 Å². The number of para-hydroxylation sites is 1. The molecule has 0 fully saturated rings. The number of hydrogen-bond donors (Lipinski definition) is 0. The van der Waals surface area contributed by atoms with E-state index in [2.05, 4.69) is 29.2 Å². The van der Waals surface area contributed by atoms with Gasteiger partial charge in [-0.25, -0.2) is 0 Å². The molecule has 0 bridgehead atoms. The van der Waals surface area contributed by atoms with Gasteiger partial charge in [0.15, 0.2) is 0 Å². The first-order chi connectivity index (χ1) is 9.31. The van der Waals surface area contributed by atoms with Crippen molar-refractivity contribution < 1.29 is 4.74 Å². The number of ether oxygens (including phenoxy) is 1. The van der Waals surface area contributed by atoms with E-state index >= 15 is 0 Å². The highest BCUT2D eigenvalue weighted by Gasteiger charge is 2.14. The van der Waals surface area contributed by atoms with Crippen LogP contribution in [0.3, 0.4) is 0 Å². The van der Waals surface area contributed by atoms with Crippen LogP contribution in [0.1, 0.15) is 11.1 Å². The Bertz CT molecular complexity index is 553. The van der Waals surface area contributed by atoms with Crippen LogP contribution in [0, 0.1) is 0 Å². The molecule has 0 radical (unpaired) electrons. The highest BCUT2D eigenvalue weighted by atomic mass is 35.5. The maximum Gasteiger partial charge on any atom is 0.123 e. The normalized spacial score (nSPS) is 15.4. The van der Waals surface area contributed by atoms with Gasteiger partial charge in [0, 0.05) is 30.2 Å². The Kier molecular flexibility index (Phi) is 3.72. The van der Waals surface area contributed by atoms with E-state index in [-0.39, 0.29) is 0 Å². The molecule has 2 nitrogen and oxygen atoms in total. The van der Waals surface area contributed by atoms with E-state index in [1.54, 1.807) is 0 Å². The van der Waals surface area contributed by atoms with Gasteiger partial charge in [-0.15, -0.1) is 0 Å². The van der Waals surface area contributed by atoms with Crippen molar-refractivity contribution in [3.8, 4) is 5.75 Å². The van der Waals surface area contributed by atoms with Crippen molar-refractivity contribution in [2.24, 2.45) is 0 Å².